The molecule has 0 aliphatic rings. The molecule has 5 heteroatoms. The molecule has 0 unspecified atom stereocenters. The normalized spacial score (nSPS) is 14.6. The van der Waals surface area contributed by atoms with Crippen LogP contribution in [0.15, 0.2) is 18.2 Å². The molecule has 0 heterocycles. The van der Waals surface area contributed by atoms with E-state index in [0.717, 1.165) is 0 Å². The summed E-state index contributed by atoms with van der Waals surface area (Å²) in [5, 5.41) is 10.0. The maximum Gasteiger partial charge on any atom is 0.165 e. The Labute approximate surface area is 114 Å². The van der Waals surface area contributed by atoms with Crippen molar-refractivity contribution in [2.24, 2.45) is 11.1 Å². The summed E-state index contributed by atoms with van der Waals surface area (Å²) in [5.41, 5.74) is 6.14. The Kier molecular flexibility index (Phi) is 6.07. The first-order chi connectivity index (χ1) is 7.77. The minimum absolute atomic E-state index is 0. The predicted molar refractivity (Wildman–Crippen MR) is 72.6 cm³/mol. The van der Waals surface area contributed by atoms with Gasteiger partial charge in [-0.15, -0.1) is 12.4 Å². The second-order valence-electron chi connectivity index (χ2n) is 5.23. The molecule has 0 aromatic heterocycles. The zero-order valence-electron chi connectivity index (χ0n) is 11.1. The average molecular weight is 278 g/mol. The highest BCUT2D eigenvalue weighted by molar-refractivity contribution is 5.85. The third kappa shape index (κ3) is 3.83. The van der Waals surface area contributed by atoms with Crippen molar-refractivity contribution < 1.29 is 14.2 Å². The topological polar surface area (TPSA) is 55.5 Å². The van der Waals surface area contributed by atoms with Crippen molar-refractivity contribution in [2.45, 2.75) is 32.9 Å². The Hall–Kier alpha value is -0.840. The number of ether oxygens (including phenoxy) is 1. The summed E-state index contributed by atoms with van der Waals surface area (Å²) in [6.45, 7) is 5.66. The van der Waals surface area contributed by atoms with Crippen LogP contribution in [-0.2, 0) is 0 Å². The summed E-state index contributed by atoms with van der Waals surface area (Å²) in [4.78, 5) is 0. The van der Waals surface area contributed by atoms with Crippen molar-refractivity contribution in [3.63, 3.8) is 0 Å². The van der Waals surface area contributed by atoms with Gasteiger partial charge in [-0.2, -0.15) is 0 Å². The highest BCUT2D eigenvalue weighted by atomic mass is 35.5. The number of rotatable bonds is 3. The molecule has 3 N–H and O–H groups in total. The summed E-state index contributed by atoms with van der Waals surface area (Å²) < 4.78 is 18.3. The summed E-state index contributed by atoms with van der Waals surface area (Å²) in [6, 6.07) is 3.87. The summed E-state index contributed by atoms with van der Waals surface area (Å²) in [6.07, 6.45) is -0.740. The van der Waals surface area contributed by atoms with Crippen LogP contribution in [0, 0.1) is 11.2 Å². The van der Waals surface area contributed by atoms with Gasteiger partial charge in [-0.3, -0.25) is 0 Å². The smallest absolute Gasteiger partial charge is 0.165 e. The third-order valence-electron chi connectivity index (χ3n) is 2.79. The summed E-state index contributed by atoms with van der Waals surface area (Å²) in [5.74, 6) is -0.298. The van der Waals surface area contributed by atoms with Crippen LogP contribution in [0.25, 0.3) is 0 Å². The molecule has 0 aliphatic heterocycles. The Morgan fingerprint density at radius 3 is 2.28 bits per heavy atom. The van der Waals surface area contributed by atoms with Crippen molar-refractivity contribution in [1.29, 1.82) is 0 Å². The minimum Gasteiger partial charge on any atom is -0.494 e. The molecule has 104 valence electrons. The van der Waals surface area contributed by atoms with Gasteiger partial charge in [0.25, 0.3) is 0 Å². The van der Waals surface area contributed by atoms with Crippen molar-refractivity contribution >= 4 is 12.4 Å². The molecule has 0 amide bonds. The largest absolute Gasteiger partial charge is 0.494 e. The van der Waals surface area contributed by atoms with Crippen LogP contribution < -0.4 is 10.5 Å². The molecule has 0 fully saturated rings. The molecule has 0 bridgehead atoms. The Balaban J connectivity index is 0.00000289. The van der Waals surface area contributed by atoms with Crippen LogP contribution in [0.4, 0.5) is 4.39 Å². The monoisotopic (exact) mass is 277 g/mol. The fourth-order valence-corrected chi connectivity index (χ4v) is 1.61. The molecule has 0 spiro atoms. The number of methoxy groups -OCH3 is 1. The lowest BCUT2D eigenvalue weighted by Crippen LogP contribution is -2.37. The molecular weight excluding hydrogens is 257 g/mol. The van der Waals surface area contributed by atoms with E-state index in [-0.39, 0.29) is 23.6 Å². The van der Waals surface area contributed by atoms with E-state index >= 15 is 0 Å². The van der Waals surface area contributed by atoms with Gasteiger partial charge in [0.2, 0.25) is 0 Å². The minimum atomic E-state index is -0.740. The van der Waals surface area contributed by atoms with Crippen LogP contribution in [0.5, 0.6) is 5.75 Å². The molecule has 1 aromatic rings. The van der Waals surface area contributed by atoms with Crippen LogP contribution in [0.1, 0.15) is 32.4 Å². The van der Waals surface area contributed by atoms with E-state index in [0.29, 0.717) is 5.56 Å². The maximum absolute atomic E-state index is 13.5. The van der Waals surface area contributed by atoms with Gasteiger partial charge in [-0.25, -0.2) is 4.39 Å². The molecule has 2 atom stereocenters. The highest BCUT2D eigenvalue weighted by Gasteiger charge is 2.29. The first-order valence-corrected chi connectivity index (χ1v) is 5.54. The Bertz CT molecular complexity index is 393. The average Bonchev–Trinajstić information content (AvgIpc) is 2.25. The van der Waals surface area contributed by atoms with Crippen molar-refractivity contribution in [3.8, 4) is 5.75 Å². The van der Waals surface area contributed by atoms with Gasteiger partial charge in [-0.05, 0) is 23.1 Å². The Morgan fingerprint density at radius 2 is 1.89 bits per heavy atom. The lowest BCUT2D eigenvalue weighted by atomic mass is 9.82. The standard InChI is InChI=1S/C13H20FNO2.ClH/c1-13(2,3)12(16)11(15)8-5-6-10(17-4)9(14)7-8;/h5-7,11-12,16H,15H2,1-4H3;1H/t11-,12-;/m0./s1. The van der Waals surface area contributed by atoms with E-state index in [4.69, 9.17) is 10.5 Å². The van der Waals surface area contributed by atoms with Crippen LogP contribution in [-0.4, -0.2) is 18.3 Å². The molecule has 1 rings (SSSR count). The van der Waals surface area contributed by atoms with Gasteiger partial charge in [0.1, 0.15) is 0 Å². The number of hydrogen-bond donors (Lipinski definition) is 2. The quantitative estimate of drug-likeness (QED) is 0.893. The highest BCUT2D eigenvalue weighted by Crippen LogP contribution is 2.30. The van der Waals surface area contributed by atoms with E-state index in [9.17, 15) is 9.50 Å². The molecule has 1 aromatic carbocycles. The third-order valence-corrected chi connectivity index (χ3v) is 2.79. The van der Waals surface area contributed by atoms with Gasteiger partial charge in [0.05, 0.1) is 19.3 Å². The second kappa shape index (κ2) is 6.36. The zero-order valence-corrected chi connectivity index (χ0v) is 11.9. The van der Waals surface area contributed by atoms with E-state index in [1.807, 2.05) is 20.8 Å². The predicted octanol–water partition coefficient (Wildman–Crippen LogP) is 2.66. The fourth-order valence-electron chi connectivity index (χ4n) is 1.61. The first-order valence-electron chi connectivity index (χ1n) is 5.54. The SMILES string of the molecule is COc1ccc([C@H](N)[C@H](O)C(C)(C)C)cc1F.Cl. The van der Waals surface area contributed by atoms with E-state index < -0.39 is 18.0 Å². The molecule has 18 heavy (non-hydrogen) atoms. The number of hydrogen-bond acceptors (Lipinski definition) is 3. The van der Waals surface area contributed by atoms with Gasteiger partial charge in [0, 0.05) is 0 Å². The number of aliphatic hydroxyl groups excluding tert-OH is 1. The zero-order chi connectivity index (χ0) is 13.2. The van der Waals surface area contributed by atoms with E-state index in [1.54, 1.807) is 6.07 Å². The summed E-state index contributed by atoms with van der Waals surface area (Å²) >= 11 is 0. The molecule has 0 saturated heterocycles. The first kappa shape index (κ1) is 17.2. The number of halogens is 2. The molecule has 0 aliphatic carbocycles. The van der Waals surface area contributed by atoms with Gasteiger partial charge < -0.3 is 15.6 Å². The fraction of sp³-hybridized carbons (Fsp3) is 0.538. The molecule has 0 radical (unpaired) electrons. The van der Waals surface area contributed by atoms with Crippen molar-refractivity contribution in [1.82, 2.24) is 0 Å². The van der Waals surface area contributed by atoms with E-state index in [1.165, 1.54) is 19.2 Å². The molecule has 0 saturated carbocycles. The molecular formula is C13H21ClFNO2. The Morgan fingerprint density at radius 1 is 1.33 bits per heavy atom. The summed E-state index contributed by atoms with van der Waals surface area (Å²) in [7, 11) is 1.40. The van der Waals surface area contributed by atoms with Gasteiger partial charge in [-0.1, -0.05) is 26.8 Å². The maximum atomic E-state index is 13.5. The van der Waals surface area contributed by atoms with Gasteiger partial charge in [0.15, 0.2) is 11.6 Å². The number of aliphatic hydroxyl groups is 1. The number of nitrogens with two attached hydrogens (primary N) is 1. The van der Waals surface area contributed by atoms with Gasteiger partial charge >= 0.3 is 0 Å². The second-order valence-corrected chi connectivity index (χ2v) is 5.23. The van der Waals surface area contributed by atoms with Crippen LogP contribution in [0.3, 0.4) is 0 Å². The van der Waals surface area contributed by atoms with Crippen LogP contribution in [0.2, 0.25) is 0 Å². The molecule has 3 nitrogen and oxygen atoms in total. The lowest BCUT2D eigenvalue weighted by Gasteiger charge is -2.31. The van der Waals surface area contributed by atoms with Crippen molar-refractivity contribution in [2.75, 3.05) is 7.11 Å². The lowest BCUT2D eigenvalue weighted by molar-refractivity contribution is 0.0400. The van der Waals surface area contributed by atoms with Crippen LogP contribution >= 0.6 is 12.4 Å². The van der Waals surface area contributed by atoms with E-state index in [2.05, 4.69) is 0 Å². The number of benzene rings is 1. The van der Waals surface area contributed by atoms with Crippen molar-refractivity contribution in [3.05, 3.63) is 29.6 Å².